The second kappa shape index (κ2) is 9.32. The first-order chi connectivity index (χ1) is 14.3. The van der Waals surface area contributed by atoms with E-state index in [2.05, 4.69) is 5.32 Å². The van der Waals surface area contributed by atoms with Crippen LogP contribution in [0.15, 0.2) is 70.3 Å². The summed E-state index contributed by atoms with van der Waals surface area (Å²) in [5.41, 5.74) is 1.91. The van der Waals surface area contributed by atoms with Gasteiger partial charge in [-0.15, -0.1) is 11.3 Å². The maximum absolute atomic E-state index is 12.6. The Hall–Kier alpha value is -2.84. The van der Waals surface area contributed by atoms with Crippen LogP contribution in [-0.2, 0) is 10.0 Å². The summed E-state index contributed by atoms with van der Waals surface area (Å²) >= 11 is 1.17. The summed E-state index contributed by atoms with van der Waals surface area (Å²) in [6.07, 6.45) is 0. The largest absolute Gasteiger partial charge is 0.494 e. The molecule has 30 heavy (non-hydrogen) atoms. The molecule has 8 heteroatoms. The first kappa shape index (κ1) is 21.9. The predicted octanol–water partition coefficient (Wildman–Crippen LogP) is 4.46. The number of thiophene rings is 1. The molecule has 0 aliphatic rings. The van der Waals surface area contributed by atoms with Gasteiger partial charge in [0.15, 0.2) is 0 Å². The van der Waals surface area contributed by atoms with Gasteiger partial charge in [0.1, 0.15) is 9.96 Å². The third-order valence-corrected chi connectivity index (χ3v) is 7.80. The van der Waals surface area contributed by atoms with E-state index in [0.717, 1.165) is 11.3 Å². The molecule has 158 valence electrons. The van der Waals surface area contributed by atoms with Crippen LogP contribution in [0.25, 0.3) is 0 Å². The Morgan fingerprint density at radius 1 is 1.10 bits per heavy atom. The summed E-state index contributed by atoms with van der Waals surface area (Å²) in [4.78, 5) is 12.6. The zero-order valence-corrected chi connectivity index (χ0v) is 18.7. The molecule has 1 atom stereocenters. The van der Waals surface area contributed by atoms with E-state index in [1.54, 1.807) is 41.8 Å². The molecule has 0 saturated heterocycles. The van der Waals surface area contributed by atoms with Crippen molar-refractivity contribution in [3.05, 3.63) is 77.2 Å². The SMILES string of the molecule is CCOc1ccc([C@@H](C)NC(=O)c2ccc(N(C)S(=O)(=O)c3cccs3)cc2)cc1. The summed E-state index contributed by atoms with van der Waals surface area (Å²) in [7, 11) is -2.11. The van der Waals surface area contributed by atoms with Gasteiger partial charge in [0.05, 0.1) is 18.3 Å². The van der Waals surface area contributed by atoms with E-state index in [9.17, 15) is 13.2 Å². The van der Waals surface area contributed by atoms with Gasteiger partial charge < -0.3 is 10.1 Å². The van der Waals surface area contributed by atoms with Crippen molar-refractivity contribution in [2.45, 2.75) is 24.1 Å². The fourth-order valence-corrected chi connectivity index (χ4v) is 5.25. The quantitative estimate of drug-likeness (QED) is 0.556. The van der Waals surface area contributed by atoms with Crippen LogP contribution < -0.4 is 14.4 Å². The number of sulfonamides is 1. The average Bonchev–Trinajstić information content (AvgIpc) is 3.30. The third kappa shape index (κ3) is 4.83. The van der Waals surface area contributed by atoms with Crippen molar-refractivity contribution in [1.82, 2.24) is 5.32 Å². The Morgan fingerprint density at radius 2 is 1.77 bits per heavy atom. The minimum Gasteiger partial charge on any atom is -0.494 e. The van der Waals surface area contributed by atoms with Gasteiger partial charge in [0, 0.05) is 12.6 Å². The lowest BCUT2D eigenvalue weighted by Crippen LogP contribution is -2.27. The summed E-state index contributed by atoms with van der Waals surface area (Å²) < 4.78 is 32.2. The van der Waals surface area contributed by atoms with E-state index in [1.807, 2.05) is 38.1 Å². The first-order valence-electron chi connectivity index (χ1n) is 9.49. The van der Waals surface area contributed by atoms with Gasteiger partial charge in [-0.25, -0.2) is 8.42 Å². The number of carbonyl (C=O) groups excluding carboxylic acids is 1. The number of nitrogens with one attached hydrogen (secondary N) is 1. The maximum atomic E-state index is 12.6. The number of hydrogen-bond acceptors (Lipinski definition) is 5. The Morgan fingerprint density at radius 3 is 2.33 bits per heavy atom. The normalized spacial score (nSPS) is 12.2. The van der Waals surface area contributed by atoms with Gasteiger partial charge in [-0.2, -0.15) is 0 Å². The van der Waals surface area contributed by atoms with Crippen molar-refractivity contribution >= 4 is 33.0 Å². The molecule has 3 aromatic rings. The van der Waals surface area contributed by atoms with Gasteiger partial charge >= 0.3 is 0 Å². The molecule has 0 saturated carbocycles. The topological polar surface area (TPSA) is 75.7 Å². The van der Waals surface area contributed by atoms with Crippen molar-refractivity contribution in [2.24, 2.45) is 0 Å². The van der Waals surface area contributed by atoms with Crippen molar-refractivity contribution in [3.8, 4) is 5.75 Å². The van der Waals surface area contributed by atoms with Crippen LogP contribution in [0.4, 0.5) is 5.69 Å². The van der Waals surface area contributed by atoms with Crippen LogP contribution in [0.3, 0.4) is 0 Å². The van der Waals surface area contributed by atoms with E-state index >= 15 is 0 Å². The second-order valence-corrected chi connectivity index (χ2v) is 9.79. The van der Waals surface area contributed by atoms with Crippen LogP contribution in [0.2, 0.25) is 0 Å². The molecule has 3 rings (SSSR count). The van der Waals surface area contributed by atoms with Crippen molar-refractivity contribution in [3.63, 3.8) is 0 Å². The van der Waals surface area contributed by atoms with E-state index in [1.165, 1.54) is 22.7 Å². The number of benzene rings is 2. The molecule has 0 radical (unpaired) electrons. The molecule has 0 bridgehead atoms. The number of carbonyl (C=O) groups is 1. The standard InChI is InChI=1S/C22H24N2O4S2/c1-4-28-20-13-9-17(10-14-20)16(2)23-22(25)18-7-11-19(12-8-18)24(3)30(26,27)21-6-5-15-29-21/h5-16H,4H2,1-3H3,(H,23,25)/t16-/m1/s1. The summed E-state index contributed by atoms with van der Waals surface area (Å²) in [5.74, 6) is 0.559. The lowest BCUT2D eigenvalue weighted by molar-refractivity contribution is 0.0940. The van der Waals surface area contributed by atoms with E-state index in [-0.39, 0.29) is 16.2 Å². The highest BCUT2D eigenvalue weighted by atomic mass is 32.2. The van der Waals surface area contributed by atoms with Crippen molar-refractivity contribution in [2.75, 3.05) is 18.0 Å². The molecule has 1 amide bonds. The molecule has 2 aromatic carbocycles. The van der Waals surface area contributed by atoms with Crippen LogP contribution >= 0.6 is 11.3 Å². The number of nitrogens with zero attached hydrogens (tertiary/aromatic N) is 1. The van der Waals surface area contributed by atoms with Crippen LogP contribution in [0.5, 0.6) is 5.75 Å². The predicted molar refractivity (Wildman–Crippen MR) is 120 cm³/mol. The van der Waals surface area contributed by atoms with Crippen LogP contribution in [0.1, 0.15) is 35.8 Å². The van der Waals surface area contributed by atoms with Gasteiger partial charge in [0.25, 0.3) is 15.9 Å². The molecule has 0 aliphatic heterocycles. The molecule has 1 aromatic heterocycles. The Labute approximate surface area is 181 Å². The van der Waals surface area contributed by atoms with E-state index in [4.69, 9.17) is 4.74 Å². The fourth-order valence-electron chi connectivity index (χ4n) is 2.89. The van der Waals surface area contributed by atoms with E-state index in [0.29, 0.717) is 17.9 Å². The molecule has 0 aliphatic carbocycles. The molecular weight excluding hydrogens is 420 g/mol. The number of amides is 1. The highest BCUT2D eigenvalue weighted by Crippen LogP contribution is 2.25. The summed E-state index contributed by atoms with van der Waals surface area (Å²) in [6, 6.07) is 17.2. The number of rotatable bonds is 8. The molecule has 0 fully saturated rings. The van der Waals surface area contributed by atoms with Gasteiger partial charge in [-0.1, -0.05) is 18.2 Å². The smallest absolute Gasteiger partial charge is 0.273 e. The molecular formula is C22H24N2O4S2. The maximum Gasteiger partial charge on any atom is 0.273 e. The second-order valence-electron chi connectivity index (χ2n) is 6.65. The lowest BCUT2D eigenvalue weighted by Gasteiger charge is -2.19. The zero-order valence-electron chi connectivity index (χ0n) is 17.0. The van der Waals surface area contributed by atoms with Crippen LogP contribution in [-0.4, -0.2) is 28.0 Å². The molecule has 1 N–H and O–H groups in total. The zero-order chi connectivity index (χ0) is 21.7. The number of ether oxygens (including phenoxy) is 1. The van der Waals surface area contributed by atoms with Crippen LogP contribution in [0, 0.1) is 0 Å². The Bertz CT molecular complexity index is 1080. The monoisotopic (exact) mass is 444 g/mol. The molecule has 0 spiro atoms. The van der Waals surface area contributed by atoms with Gasteiger partial charge in [-0.3, -0.25) is 9.10 Å². The summed E-state index contributed by atoms with van der Waals surface area (Å²) in [5, 5.41) is 4.68. The summed E-state index contributed by atoms with van der Waals surface area (Å²) in [6.45, 7) is 4.44. The molecule has 0 unspecified atom stereocenters. The highest BCUT2D eigenvalue weighted by molar-refractivity contribution is 7.94. The van der Waals surface area contributed by atoms with E-state index < -0.39 is 10.0 Å². The lowest BCUT2D eigenvalue weighted by atomic mass is 10.1. The fraction of sp³-hybridized carbons (Fsp3) is 0.227. The third-order valence-electron chi connectivity index (χ3n) is 4.64. The molecule has 1 heterocycles. The number of hydrogen-bond donors (Lipinski definition) is 1. The average molecular weight is 445 g/mol. The minimum atomic E-state index is -3.60. The number of anilines is 1. The van der Waals surface area contributed by atoms with Gasteiger partial charge in [-0.05, 0) is 67.3 Å². The van der Waals surface area contributed by atoms with Gasteiger partial charge in [0.2, 0.25) is 0 Å². The first-order valence-corrected chi connectivity index (χ1v) is 11.8. The Kier molecular flexibility index (Phi) is 6.79. The van der Waals surface area contributed by atoms with Crippen molar-refractivity contribution in [1.29, 1.82) is 0 Å². The minimum absolute atomic E-state index is 0.185. The van der Waals surface area contributed by atoms with Crippen molar-refractivity contribution < 1.29 is 17.9 Å². The molecule has 6 nitrogen and oxygen atoms in total. The Balaban J connectivity index is 1.67. The highest BCUT2D eigenvalue weighted by Gasteiger charge is 2.22.